The van der Waals surface area contributed by atoms with Crippen LogP contribution in [0.2, 0.25) is 0 Å². The molecule has 2 nitrogen and oxygen atoms in total. The Bertz CT molecular complexity index is 158. The summed E-state index contributed by atoms with van der Waals surface area (Å²) in [6.07, 6.45) is 4.58. The molecule has 0 aliphatic heterocycles. The van der Waals surface area contributed by atoms with Gasteiger partial charge in [-0.05, 0) is 38.0 Å². The van der Waals surface area contributed by atoms with Crippen molar-refractivity contribution in [2.45, 2.75) is 58.6 Å². The topological polar surface area (TPSA) is 32.3 Å². The molecule has 3 atom stereocenters. The minimum Gasteiger partial charge on any atom is -0.393 e. The van der Waals surface area contributed by atoms with Crippen LogP contribution >= 0.6 is 0 Å². The molecule has 1 fully saturated rings. The van der Waals surface area contributed by atoms with Gasteiger partial charge in [0, 0.05) is 12.6 Å². The molecule has 0 aromatic carbocycles. The van der Waals surface area contributed by atoms with Gasteiger partial charge in [-0.2, -0.15) is 0 Å². The van der Waals surface area contributed by atoms with Crippen molar-refractivity contribution >= 4 is 0 Å². The van der Waals surface area contributed by atoms with Crippen LogP contribution in [-0.2, 0) is 0 Å². The molecule has 0 aromatic rings. The molecule has 2 heteroatoms. The first kappa shape index (κ1) is 12.0. The minimum absolute atomic E-state index is 0.0475. The maximum atomic E-state index is 9.64. The standard InChI is InChI=1S/C12H25NO/c1-9(2)7-10(3)13-8-11-5-4-6-12(11)14/h9-14H,4-8H2,1-3H3. The quantitative estimate of drug-likeness (QED) is 0.711. The highest BCUT2D eigenvalue weighted by Gasteiger charge is 2.24. The van der Waals surface area contributed by atoms with Gasteiger partial charge in [0.2, 0.25) is 0 Å². The molecular weight excluding hydrogens is 174 g/mol. The number of nitrogens with one attached hydrogen (secondary N) is 1. The van der Waals surface area contributed by atoms with E-state index >= 15 is 0 Å². The predicted octanol–water partition coefficient (Wildman–Crippen LogP) is 2.17. The molecule has 2 N–H and O–H groups in total. The zero-order valence-electron chi connectivity index (χ0n) is 9.79. The van der Waals surface area contributed by atoms with E-state index in [4.69, 9.17) is 0 Å². The molecule has 0 saturated heterocycles. The number of aliphatic hydroxyl groups excluding tert-OH is 1. The van der Waals surface area contributed by atoms with E-state index in [2.05, 4.69) is 26.1 Å². The first-order valence-electron chi connectivity index (χ1n) is 6.01. The monoisotopic (exact) mass is 199 g/mol. The van der Waals surface area contributed by atoms with E-state index in [1.165, 1.54) is 19.3 Å². The molecule has 0 bridgehead atoms. The zero-order chi connectivity index (χ0) is 10.6. The lowest BCUT2D eigenvalue weighted by molar-refractivity contribution is 0.129. The van der Waals surface area contributed by atoms with Crippen LogP contribution in [0.25, 0.3) is 0 Å². The lowest BCUT2D eigenvalue weighted by Gasteiger charge is -2.20. The fourth-order valence-corrected chi connectivity index (χ4v) is 2.40. The van der Waals surface area contributed by atoms with Gasteiger partial charge in [0.05, 0.1) is 6.10 Å². The van der Waals surface area contributed by atoms with Crippen LogP contribution in [0.5, 0.6) is 0 Å². The maximum absolute atomic E-state index is 9.64. The summed E-state index contributed by atoms with van der Waals surface area (Å²) in [6, 6.07) is 0.586. The molecule has 0 radical (unpaired) electrons. The Morgan fingerprint density at radius 3 is 2.50 bits per heavy atom. The third-order valence-electron chi connectivity index (χ3n) is 3.17. The molecule has 3 unspecified atom stereocenters. The Morgan fingerprint density at radius 2 is 2.00 bits per heavy atom. The Labute approximate surface area is 88.1 Å². The number of hydrogen-bond donors (Lipinski definition) is 2. The van der Waals surface area contributed by atoms with Gasteiger partial charge in [0.1, 0.15) is 0 Å². The van der Waals surface area contributed by atoms with E-state index in [1.807, 2.05) is 0 Å². The molecule has 0 spiro atoms. The summed E-state index contributed by atoms with van der Waals surface area (Å²) in [5.74, 6) is 1.26. The fourth-order valence-electron chi connectivity index (χ4n) is 2.40. The summed E-state index contributed by atoms with van der Waals surface area (Å²) in [4.78, 5) is 0. The van der Waals surface area contributed by atoms with E-state index < -0.39 is 0 Å². The molecule has 1 aliphatic rings. The second-order valence-corrected chi connectivity index (χ2v) is 5.20. The first-order chi connectivity index (χ1) is 6.59. The molecule has 0 amide bonds. The Morgan fingerprint density at radius 1 is 1.29 bits per heavy atom. The summed E-state index contributed by atoms with van der Waals surface area (Å²) in [7, 11) is 0. The van der Waals surface area contributed by atoms with Crippen LogP contribution in [0.3, 0.4) is 0 Å². The van der Waals surface area contributed by atoms with Crippen LogP contribution in [0.1, 0.15) is 46.5 Å². The summed E-state index contributed by atoms with van der Waals surface area (Å²) >= 11 is 0. The van der Waals surface area contributed by atoms with Gasteiger partial charge in [-0.1, -0.05) is 20.3 Å². The van der Waals surface area contributed by atoms with Crippen molar-refractivity contribution in [1.82, 2.24) is 5.32 Å². The highest BCUT2D eigenvalue weighted by molar-refractivity contribution is 4.79. The number of rotatable bonds is 5. The number of aliphatic hydroxyl groups is 1. The van der Waals surface area contributed by atoms with Crippen molar-refractivity contribution in [2.75, 3.05) is 6.54 Å². The molecule has 1 aliphatic carbocycles. The smallest absolute Gasteiger partial charge is 0.0580 e. The molecule has 84 valence electrons. The summed E-state index contributed by atoms with van der Waals surface area (Å²) < 4.78 is 0. The summed E-state index contributed by atoms with van der Waals surface area (Å²) in [5.41, 5.74) is 0. The second kappa shape index (κ2) is 5.72. The van der Waals surface area contributed by atoms with Gasteiger partial charge in [-0.3, -0.25) is 0 Å². The van der Waals surface area contributed by atoms with Crippen LogP contribution in [0.4, 0.5) is 0 Å². The van der Waals surface area contributed by atoms with Crippen LogP contribution in [0.15, 0.2) is 0 Å². The lowest BCUT2D eigenvalue weighted by atomic mass is 10.0. The minimum atomic E-state index is -0.0475. The third kappa shape index (κ3) is 3.97. The van der Waals surface area contributed by atoms with Crippen molar-refractivity contribution in [2.24, 2.45) is 11.8 Å². The normalized spacial score (nSPS) is 29.8. The Hall–Kier alpha value is -0.0800. The van der Waals surface area contributed by atoms with Gasteiger partial charge in [0.15, 0.2) is 0 Å². The van der Waals surface area contributed by atoms with E-state index in [9.17, 15) is 5.11 Å². The molecule has 1 rings (SSSR count). The second-order valence-electron chi connectivity index (χ2n) is 5.20. The molecule has 14 heavy (non-hydrogen) atoms. The summed E-state index contributed by atoms with van der Waals surface area (Å²) in [6.45, 7) is 7.74. The Kier molecular flexibility index (Phi) is 4.90. The highest BCUT2D eigenvalue weighted by atomic mass is 16.3. The van der Waals surface area contributed by atoms with Crippen LogP contribution < -0.4 is 5.32 Å². The van der Waals surface area contributed by atoms with Crippen molar-refractivity contribution in [3.8, 4) is 0 Å². The Balaban J connectivity index is 2.13. The molecule has 0 heterocycles. The summed E-state index contributed by atoms with van der Waals surface area (Å²) in [5, 5.41) is 13.2. The largest absolute Gasteiger partial charge is 0.393 e. The van der Waals surface area contributed by atoms with Crippen LogP contribution in [-0.4, -0.2) is 23.8 Å². The van der Waals surface area contributed by atoms with Gasteiger partial charge in [0.25, 0.3) is 0 Å². The van der Waals surface area contributed by atoms with E-state index in [0.29, 0.717) is 12.0 Å². The van der Waals surface area contributed by atoms with Crippen LogP contribution in [0, 0.1) is 11.8 Å². The van der Waals surface area contributed by atoms with Crippen molar-refractivity contribution in [3.05, 3.63) is 0 Å². The van der Waals surface area contributed by atoms with Crippen molar-refractivity contribution in [1.29, 1.82) is 0 Å². The van der Waals surface area contributed by atoms with E-state index in [0.717, 1.165) is 18.9 Å². The van der Waals surface area contributed by atoms with E-state index in [1.54, 1.807) is 0 Å². The molecule has 0 aromatic heterocycles. The SMILES string of the molecule is CC(C)CC(C)NCC1CCCC1O. The first-order valence-corrected chi connectivity index (χ1v) is 6.01. The van der Waals surface area contributed by atoms with Gasteiger partial charge < -0.3 is 10.4 Å². The highest BCUT2D eigenvalue weighted by Crippen LogP contribution is 2.24. The fraction of sp³-hybridized carbons (Fsp3) is 1.00. The third-order valence-corrected chi connectivity index (χ3v) is 3.17. The predicted molar refractivity (Wildman–Crippen MR) is 60.3 cm³/mol. The average molecular weight is 199 g/mol. The number of hydrogen-bond acceptors (Lipinski definition) is 2. The zero-order valence-corrected chi connectivity index (χ0v) is 9.79. The van der Waals surface area contributed by atoms with Crippen molar-refractivity contribution in [3.63, 3.8) is 0 Å². The van der Waals surface area contributed by atoms with Crippen molar-refractivity contribution < 1.29 is 5.11 Å². The maximum Gasteiger partial charge on any atom is 0.0580 e. The molecule has 1 saturated carbocycles. The van der Waals surface area contributed by atoms with Gasteiger partial charge in [-0.15, -0.1) is 0 Å². The van der Waals surface area contributed by atoms with Gasteiger partial charge in [-0.25, -0.2) is 0 Å². The lowest BCUT2D eigenvalue weighted by Crippen LogP contribution is -2.34. The molecular formula is C12H25NO. The van der Waals surface area contributed by atoms with E-state index in [-0.39, 0.29) is 6.10 Å². The van der Waals surface area contributed by atoms with Gasteiger partial charge >= 0.3 is 0 Å². The average Bonchev–Trinajstić information content (AvgIpc) is 2.46.